The van der Waals surface area contributed by atoms with Crippen molar-refractivity contribution in [2.75, 3.05) is 32.8 Å². The topological polar surface area (TPSA) is 118 Å². The van der Waals surface area contributed by atoms with E-state index in [0.29, 0.717) is 19.5 Å². The van der Waals surface area contributed by atoms with Crippen LogP contribution in [0.4, 0.5) is 4.79 Å². The van der Waals surface area contributed by atoms with Gasteiger partial charge in [-0.3, -0.25) is 9.59 Å². The van der Waals surface area contributed by atoms with Gasteiger partial charge in [-0.2, -0.15) is 0 Å². The Hall–Kier alpha value is -1.83. The largest absolute Gasteiger partial charge is 0.480 e. The Bertz CT molecular complexity index is 343. The van der Waals surface area contributed by atoms with E-state index in [1.807, 2.05) is 0 Å². The zero-order valence-corrected chi connectivity index (χ0v) is 10.5. The maximum absolute atomic E-state index is 12.1. The number of hydrogen-bond donors (Lipinski definition) is 3. The van der Waals surface area contributed by atoms with E-state index < -0.39 is 31.1 Å². The van der Waals surface area contributed by atoms with Crippen LogP contribution in [-0.4, -0.2) is 75.9 Å². The first-order chi connectivity index (χ1) is 8.93. The number of aliphatic carboxylic acids is 2. The number of likely N-dealkylation sites (tertiary alicyclic amines) is 1. The van der Waals surface area contributed by atoms with Gasteiger partial charge in [-0.1, -0.05) is 0 Å². The van der Waals surface area contributed by atoms with Crippen LogP contribution in [0.25, 0.3) is 0 Å². The van der Waals surface area contributed by atoms with Crippen LogP contribution in [-0.2, 0) is 9.59 Å². The Morgan fingerprint density at radius 1 is 1.16 bits per heavy atom. The van der Waals surface area contributed by atoms with E-state index in [2.05, 4.69) is 0 Å². The molecule has 0 bridgehead atoms. The molecule has 0 aliphatic carbocycles. The van der Waals surface area contributed by atoms with Crippen molar-refractivity contribution in [1.82, 2.24) is 9.80 Å². The van der Waals surface area contributed by atoms with Crippen molar-refractivity contribution in [3.63, 3.8) is 0 Å². The lowest BCUT2D eigenvalue weighted by atomic mass is 9.99. The first-order valence-electron chi connectivity index (χ1n) is 6.02. The predicted octanol–water partition coefficient (Wildman–Crippen LogP) is -0.718. The third-order valence-electron chi connectivity index (χ3n) is 2.97. The van der Waals surface area contributed by atoms with Gasteiger partial charge in [0, 0.05) is 19.7 Å². The Morgan fingerprint density at radius 2 is 1.74 bits per heavy atom. The quantitative estimate of drug-likeness (QED) is 0.609. The summed E-state index contributed by atoms with van der Waals surface area (Å²) >= 11 is 0. The summed E-state index contributed by atoms with van der Waals surface area (Å²) < 4.78 is 0. The highest BCUT2D eigenvalue weighted by atomic mass is 16.4. The van der Waals surface area contributed by atoms with Crippen LogP contribution in [0.2, 0.25) is 0 Å². The number of amides is 2. The summed E-state index contributed by atoms with van der Waals surface area (Å²) in [6.45, 7) is -0.561. The lowest BCUT2D eigenvalue weighted by Crippen LogP contribution is -2.50. The molecule has 0 aromatic heterocycles. The van der Waals surface area contributed by atoms with Crippen molar-refractivity contribution in [3.8, 4) is 0 Å². The van der Waals surface area contributed by atoms with Gasteiger partial charge in [0.05, 0.1) is 0 Å². The smallest absolute Gasteiger partial charge is 0.323 e. The molecule has 0 aromatic rings. The van der Waals surface area contributed by atoms with Crippen molar-refractivity contribution in [1.29, 1.82) is 0 Å². The molecule has 108 valence electrons. The van der Waals surface area contributed by atoms with Crippen molar-refractivity contribution in [2.45, 2.75) is 12.8 Å². The zero-order chi connectivity index (χ0) is 14.4. The molecule has 0 spiro atoms. The Labute approximate surface area is 110 Å². The first kappa shape index (κ1) is 15.2. The van der Waals surface area contributed by atoms with Gasteiger partial charge in [0.1, 0.15) is 13.1 Å². The number of aliphatic hydroxyl groups excluding tert-OH is 1. The molecule has 19 heavy (non-hydrogen) atoms. The highest BCUT2D eigenvalue weighted by molar-refractivity contribution is 5.84. The van der Waals surface area contributed by atoms with Crippen LogP contribution in [0.1, 0.15) is 12.8 Å². The number of carboxylic acid groups (broad SMARTS) is 2. The van der Waals surface area contributed by atoms with Crippen LogP contribution in [0.3, 0.4) is 0 Å². The Morgan fingerprint density at radius 3 is 2.21 bits per heavy atom. The van der Waals surface area contributed by atoms with Gasteiger partial charge in [-0.25, -0.2) is 4.79 Å². The van der Waals surface area contributed by atoms with Gasteiger partial charge in [-0.15, -0.1) is 0 Å². The molecule has 1 unspecified atom stereocenters. The number of hydrogen-bond acceptors (Lipinski definition) is 4. The van der Waals surface area contributed by atoms with Crippen molar-refractivity contribution in [3.05, 3.63) is 0 Å². The van der Waals surface area contributed by atoms with Gasteiger partial charge in [0.15, 0.2) is 0 Å². The highest BCUT2D eigenvalue weighted by Crippen LogP contribution is 2.17. The van der Waals surface area contributed by atoms with Gasteiger partial charge >= 0.3 is 18.0 Å². The van der Waals surface area contributed by atoms with E-state index in [-0.39, 0.29) is 12.5 Å². The molecule has 1 aliphatic rings. The minimum absolute atomic E-state index is 0.0331. The van der Waals surface area contributed by atoms with Gasteiger partial charge in [0.25, 0.3) is 0 Å². The molecule has 1 aliphatic heterocycles. The van der Waals surface area contributed by atoms with Crippen LogP contribution >= 0.6 is 0 Å². The average Bonchev–Trinajstić information content (AvgIpc) is 2.36. The minimum atomic E-state index is -1.26. The number of carbonyl (C=O) groups is 3. The molecule has 0 saturated carbocycles. The summed E-state index contributed by atoms with van der Waals surface area (Å²) in [6.07, 6.45) is 1.52. The maximum Gasteiger partial charge on any atom is 0.323 e. The molecule has 1 atom stereocenters. The predicted molar refractivity (Wildman–Crippen MR) is 63.6 cm³/mol. The number of aliphatic hydroxyl groups is 1. The van der Waals surface area contributed by atoms with E-state index in [1.165, 1.54) is 4.90 Å². The fraction of sp³-hybridized carbons (Fsp3) is 0.727. The fourth-order valence-electron chi connectivity index (χ4n) is 2.11. The lowest BCUT2D eigenvalue weighted by molar-refractivity contribution is -0.140. The summed E-state index contributed by atoms with van der Waals surface area (Å²) in [5.41, 5.74) is 0. The van der Waals surface area contributed by atoms with Crippen molar-refractivity contribution in [2.24, 2.45) is 5.92 Å². The second kappa shape index (κ2) is 6.93. The van der Waals surface area contributed by atoms with Crippen LogP contribution in [0.15, 0.2) is 0 Å². The van der Waals surface area contributed by atoms with Crippen LogP contribution in [0, 0.1) is 5.92 Å². The molecule has 8 heteroatoms. The third-order valence-corrected chi connectivity index (χ3v) is 2.97. The number of piperidine rings is 1. The summed E-state index contributed by atoms with van der Waals surface area (Å²) in [5, 5.41) is 26.5. The second-order valence-electron chi connectivity index (χ2n) is 4.56. The second-order valence-corrected chi connectivity index (χ2v) is 4.56. The fourth-order valence-corrected chi connectivity index (χ4v) is 2.11. The standard InChI is InChI=1S/C11H18N2O6/c14-7-8-2-1-3-12(4-8)11(19)13(5-9(15)16)6-10(17)18/h8,14H,1-7H2,(H,15,16)(H,17,18). The van der Waals surface area contributed by atoms with Crippen molar-refractivity contribution >= 4 is 18.0 Å². The van der Waals surface area contributed by atoms with E-state index in [4.69, 9.17) is 15.3 Å². The number of rotatable bonds is 5. The average molecular weight is 274 g/mol. The van der Waals surface area contributed by atoms with Gasteiger partial charge < -0.3 is 25.1 Å². The summed E-state index contributed by atoms with van der Waals surface area (Å²) in [6, 6.07) is -0.608. The first-order valence-corrected chi connectivity index (χ1v) is 6.02. The minimum Gasteiger partial charge on any atom is -0.480 e. The molecule has 1 saturated heterocycles. The number of carboxylic acids is 2. The number of nitrogens with zero attached hydrogens (tertiary/aromatic N) is 2. The van der Waals surface area contributed by atoms with E-state index in [1.54, 1.807) is 0 Å². The molecule has 1 heterocycles. The lowest BCUT2D eigenvalue weighted by Gasteiger charge is -2.34. The molecule has 3 N–H and O–H groups in total. The SMILES string of the molecule is O=C(O)CN(CC(=O)O)C(=O)N1CCCC(CO)C1. The highest BCUT2D eigenvalue weighted by Gasteiger charge is 2.28. The molecule has 0 aromatic carbocycles. The molecule has 8 nitrogen and oxygen atoms in total. The van der Waals surface area contributed by atoms with E-state index >= 15 is 0 Å². The van der Waals surface area contributed by atoms with E-state index in [9.17, 15) is 14.4 Å². The van der Waals surface area contributed by atoms with Crippen LogP contribution in [0.5, 0.6) is 0 Å². The molecule has 1 fully saturated rings. The monoisotopic (exact) mass is 274 g/mol. The third kappa shape index (κ3) is 4.74. The number of carbonyl (C=O) groups excluding carboxylic acids is 1. The Balaban J connectivity index is 2.68. The van der Waals surface area contributed by atoms with Crippen LogP contribution < -0.4 is 0 Å². The normalized spacial score (nSPS) is 19.0. The maximum atomic E-state index is 12.1. The van der Waals surface area contributed by atoms with Gasteiger partial charge in [-0.05, 0) is 18.8 Å². The molecule has 0 radical (unpaired) electrons. The molecule has 2 amide bonds. The molecule has 1 rings (SSSR count). The summed E-state index contributed by atoms with van der Waals surface area (Å²) in [4.78, 5) is 35.6. The van der Waals surface area contributed by atoms with Gasteiger partial charge in [0.2, 0.25) is 0 Å². The van der Waals surface area contributed by atoms with E-state index in [0.717, 1.165) is 11.3 Å². The Kier molecular flexibility index (Phi) is 5.56. The zero-order valence-electron chi connectivity index (χ0n) is 10.5. The molecular formula is C11H18N2O6. The number of urea groups is 1. The van der Waals surface area contributed by atoms with Crippen molar-refractivity contribution < 1.29 is 29.7 Å². The summed E-state index contributed by atoms with van der Waals surface area (Å²) in [5.74, 6) is -2.55. The molecular weight excluding hydrogens is 256 g/mol. The summed E-state index contributed by atoms with van der Waals surface area (Å²) in [7, 11) is 0.